The van der Waals surface area contributed by atoms with Gasteiger partial charge in [-0.1, -0.05) is 121 Å². The quantitative estimate of drug-likeness (QED) is 0.172. The Morgan fingerprint density at radius 2 is 0.758 bits per heavy atom. The summed E-state index contributed by atoms with van der Waals surface area (Å²) in [4.78, 5) is 15.5. The van der Waals surface area contributed by atoms with Gasteiger partial charge in [-0.15, -0.1) is 11.1 Å². The van der Waals surface area contributed by atoms with Crippen LogP contribution in [0.5, 0.6) is 0 Å². The van der Waals surface area contributed by atoms with E-state index in [1.54, 1.807) is 0 Å². The number of hydrogen-bond acceptors (Lipinski definition) is 2. The summed E-state index contributed by atoms with van der Waals surface area (Å²) >= 11 is 0. The number of carbonyl (C=O) groups excluding carboxylic acids is 2. The molecule has 0 N–H and O–H groups in total. The largest absolute Gasteiger partial charge is 6.00 e. The first-order valence-corrected chi connectivity index (χ1v) is 11.6. The molecule has 0 aromatic heterocycles. The predicted octanol–water partition coefficient (Wildman–Crippen LogP) is 8.08. The molecule has 6 nitrogen and oxygen atoms in total. The van der Waals surface area contributed by atoms with E-state index >= 15 is 0 Å². The first-order chi connectivity index (χ1) is 14.3. The average molecular weight is 556 g/mol. The van der Waals surface area contributed by atoms with Gasteiger partial charge in [-0.2, -0.15) is 13.1 Å². The summed E-state index contributed by atoms with van der Waals surface area (Å²) in [5, 5.41) is 18.8. The molecule has 0 amide bonds. The van der Waals surface area contributed by atoms with Crippen LogP contribution in [0, 0.1) is 10.8 Å². The number of rotatable bonds is 8. The Hall–Kier alpha value is -0.197. The number of nitrogens with zero attached hydrogens (tertiary/aromatic N) is 4. The molecule has 0 aromatic rings. The SMILES string of the molecule is CCC[N-]C([N-]C(C)(C)C)C(C)(C)C.CCC[N-]C([N-]C(C)(C)C)C(C)(C)C.[CH-]=O.[CH-]=O.[Ru+6]. The minimum Gasteiger partial charge on any atom is -0.677 e. The van der Waals surface area contributed by atoms with Crippen molar-refractivity contribution in [1.82, 2.24) is 0 Å². The van der Waals surface area contributed by atoms with E-state index in [2.05, 4.69) is 121 Å². The molecule has 0 aliphatic carbocycles. The molecule has 0 heterocycles. The summed E-state index contributed by atoms with van der Waals surface area (Å²) in [5.41, 5.74) is 0.301. The van der Waals surface area contributed by atoms with Gasteiger partial charge in [0.15, 0.2) is 0 Å². The fourth-order valence-electron chi connectivity index (χ4n) is 2.25. The minimum atomic E-state index is 0. The van der Waals surface area contributed by atoms with Crippen LogP contribution in [0.2, 0.25) is 0 Å². The summed E-state index contributed by atoms with van der Waals surface area (Å²) in [7, 11) is 0. The molecule has 0 aliphatic heterocycles. The van der Waals surface area contributed by atoms with Crippen molar-refractivity contribution in [1.29, 1.82) is 0 Å². The average Bonchev–Trinajstić information content (AvgIpc) is 2.62. The summed E-state index contributed by atoms with van der Waals surface area (Å²) in [5.74, 6) is 0. The van der Waals surface area contributed by atoms with Gasteiger partial charge < -0.3 is 30.9 Å². The van der Waals surface area contributed by atoms with Crippen LogP contribution in [0.1, 0.15) is 110 Å². The monoisotopic (exact) mass is 556 g/mol. The van der Waals surface area contributed by atoms with Crippen molar-refractivity contribution in [2.24, 2.45) is 10.8 Å². The van der Waals surface area contributed by atoms with Gasteiger partial charge >= 0.3 is 19.5 Å². The topological polar surface area (TPSA) is 90.5 Å². The van der Waals surface area contributed by atoms with Gasteiger partial charge in [0.05, 0.1) is 0 Å². The van der Waals surface area contributed by atoms with E-state index in [4.69, 9.17) is 20.2 Å². The summed E-state index contributed by atoms with van der Waals surface area (Å²) in [6.07, 6.45) is 2.46. The first kappa shape index (κ1) is 42.9. The van der Waals surface area contributed by atoms with Crippen LogP contribution in [-0.4, -0.2) is 50.1 Å². The Balaban J connectivity index is -0.000000134. The maximum Gasteiger partial charge on any atom is 6.00 e. The van der Waals surface area contributed by atoms with Gasteiger partial charge in [-0.25, -0.2) is 12.3 Å². The summed E-state index contributed by atoms with van der Waals surface area (Å²) in [6, 6.07) is 0. The molecule has 0 spiro atoms. The molecule has 2 unspecified atom stereocenters. The molecule has 0 radical (unpaired) electrons. The van der Waals surface area contributed by atoms with E-state index < -0.39 is 0 Å². The predicted molar refractivity (Wildman–Crippen MR) is 143 cm³/mol. The second-order valence-electron chi connectivity index (χ2n) is 11.9. The fraction of sp³-hybridized carbons (Fsp3) is 0.923. The van der Waals surface area contributed by atoms with Crippen LogP contribution in [0.4, 0.5) is 0 Å². The van der Waals surface area contributed by atoms with Crippen molar-refractivity contribution in [2.45, 2.75) is 133 Å². The standard InChI is InChI=1S/2C12H26N2.2CHO.Ru/c2*1-8-9-13-10(11(2,3)4)14-12(5,6)7;2*1-2;/h2*10H,8-9H2,1-7H3;2*1H;/q2*-2;2*-1;+6. The molecule has 0 fully saturated rings. The van der Waals surface area contributed by atoms with Crippen molar-refractivity contribution in [2.75, 3.05) is 13.1 Å². The smallest absolute Gasteiger partial charge is 0.677 e. The van der Waals surface area contributed by atoms with Gasteiger partial charge in [0.1, 0.15) is 0 Å². The van der Waals surface area contributed by atoms with E-state index in [0.29, 0.717) is 0 Å². The third-order valence-corrected chi connectivity index (χ3v) is 3.62. The first-order valence-electron chi connectivity index (χ1n) is 11.6. The molecular formula is C26H54N4O2Ru. The zero-order chi connectivity index (χ0) is 26.8. The van der Waals surface area contributed by atoms with Gasteiger partial charge in [-0.3, -0.25) is 13.6 Å². The number of hydrogen-bond donors (Lipinski definition) is 0. The molecule has 0 saturated carbocycles. The maximum atomic E-state index is 7.75. The second kappa shape index (κ2) is 21.1. The minimum absolute atomic E-state index is 0. The van der Waals surface area contributed by atoms with Crippen LogP contribution in [0.3, 0.4) is 0 Å². The van der Waals surface area contributed by atoms with Crippen molar-refractivity contribution in [3.8, 4) is 0 Å². The zero-order valence-electron chi connectivity index (χ0n) is 24.1. The molecule has 2 atom stereocenters. The molecule has 7 heteroatoms. The van der Waals surface area contributed by atoms with E-state index in [-0.39, 0.29) is 53.7 Å². The van der Waals surface area contributed by atoms with Crippen LogP contribution in [0.25, 0.3) is 21.3 Å². The van der Waals surface area contributed by atoms with Crippen molar-refractivity contribution in [3.05, 3.63) is 21.3 Å². The van der Waals surface area contributed by atoms with Crippen molar-refractivity contribution >= 4 is 13.6 Å². The molecule has 0 aliphatic rings. The molecule has 0 aromatic carbocycles. The van der Waals surface area contributed by atoms with Crippen LogP contribution in [-0.2, 0) is 29.1 Å². The summed E-state index contributed by atoms with van der Waals surface area (Å²) < 4.78 is 0. The van der Waals surface area contributed by atoms with Crippen LogP contribution >= 0.6 is 0 Å². The normalized spacial score (nSPS) is 13.5. The Morgan fingerprint density at radius 1 is 0.545 bits per heavy atom. The molecule has 0 rings (SSSR count). The third-order valence-electron chi connectivity index (χ3n) is 3.62. The Labute approximate surface area is 220 Å². The van der Waals surface area contributed by atoms with Crippen molar-refractivity contribution < 1.29 is 29.1 Å². The summed E-state index contributed by atoms with van der Waals surface area (Å²) in [6.45, 7) is 38.6. The maximum absolute atomic E-state index is 7.75. The van der Waals surface area contributed by atoms with E-state index in [1.807, 2.05) is 0 Å². The Bertz CT molecular complexity index is 382. The second-order valence-corrected chi connectivity index (χ2v) is 11.9. The molecule has 0 saturated heterocycles. The molecule has 0 bridgehead atoms. The van der Waals surface area contributed by atoms with E-state index in [9.17, 15) is 0 Å². The third kappa shape index (κ3) is 31.8. The van der Waals surface area contributed by atoms with Crippen LogP contribution in [0.15, 0.2) is 0 Å². The molecule has 198 valence electrons. The molecule has 33 heavy (non-hydrogen) atoms. The zero-order valence-corrected chi connectivity index (χ0v) is 25.8. The van der Waals surface area contributed by atoms with Crippen molar-refractivity contribution in [3.63, 3.8) is 0 Å². The van der Waals surface area contributed by atoms with Gasteiger partial charge in [0.2, 0.25) is 0 Å². The van der Waals surface area contributed by atoms with Gasteiger partial charge in [-0.05, 0) is 0 Å². The Morgan fingerprint density at radius 3 is 0.879 bits per heavy atom. The van der Waals surface area contributed by atoms with Gasteiger partial charge in [0.25, 0.3) is 0 Å². The van der Waals surface area contributed by atoms with Crippen LogP contribution < -0.4 is 0 Å². The van der Waals surface area contributed by atoms with E-state index in [1.165, 1.54) is 0 Å². The molecular weight excluding hydrogens is 501 g/mol. The fourth-order valence-corrected chi connectivity index (χ4v) is 2.25. The Kier molecular flexibility index (Phi) is 27.5. The van der Waals surface area contributed by atoms with Gasteiger partial charge in [0, 0.05) is 0 Å². The van der Waals surface area contributed by atoms with E-state index in [0.717, 1.165) is 25.9 Å².